The molecule has 0 aliphatic rings. The van der Waals surface area contributed by atoms with Gasteiger partial charge >= 0.3 is 0 Å². The van der Waals surface area contributed by atoms with E-state index in [1.54, 1.807) is 0 Å². The van der Waals surface area contributed by atoms with Crippen LogP contribution in [0.2, 0.25) is 0 Å². The third-order valence-electron chi connectivity index (χ3n) is 1.45. The summed E-state index contributed by atoms with van der Waals surface area (Å²) in [5.41, 5.74) is -0.762. The first-order chi connectivity index (χ1) is 6.06. The Balaban J connectivity index is 3.31. The maximum Gasteiger partial charge on any atom is 0.258 e. The summed E-state index contributed by atoms with van der Waals surface area (Å²) in [6.45, 7) is 0. The molecule has 1 rings (SSSR count). The van der Waals surface area contributed by atoms with Crippen molar-refractivity contribution in [2.45, 2.75) is 0 Å². The molecule has 0 fully saturated rings. The Morgan fingerprint density at radius 1 is 1.38 bits per heavy atom. The highest BCUT2D eigenvalue weighted by Crippen LogP contribution is 2.21. The molecule has 0 saturated heterocycles. The molecule has 1 aromatic rings. The van der Waals surface area contributed by atoms with Crippen LogP contribution in [0.4, 0.5) is 8.78 Å². The number of benzene rings is 1. The van der Waals surface area contributed by atoms with E-state index >= 15 is 0 Å². The van der Waals surface area contributed by atoms with Gasteiger partial charge in [0.2, 0.25) is 0 Å². The Bertz CT molecular complexity index is 329. The van der Waals surface area contributed by atoms with Crippen LogP contribution in [0.15, 0.2) is 12.1 Å². The van der Waals surface area contributed by atoms with Crippen molar-refractivity contribution in [2.75, 3.05) is 7.11 Å². The zero-order chi connectivity index (χ0) is 10.0. The van der Waals surface area contributed by atoms with E-state index < -0.39 is 22.4 Å². The molecular weight excluding hydrogens is 202 g/mol. The molecule has 2 nitrogen and oxygen atoms in total. The summed E-state index contributed by atoms with van der Waals surface area (Å²) in [6.07, 6.45) is 0. The molecule has 0 N–H and O–H groups in total. The first-order valence-corrected chi connectivity index (χ1v) is 3.67. The Morgan fingerprint density at radius 3 is 2.15 bits per heavy atom. The molecule has 0 aromatic heterocycles. The topological polar surface area (TPSA) is 26.3 Å². The molecule has 0 heterocycles. The minimum atomic E-state index is -1.17. The van der Waals surface area contributed by atoms with E-state index in [9.17, 15) is 13.6 Å². The number of methoxy groups -OCH3 is 1. The van der Waals surface area contributed by atoms with E-state index in [1.165, 1.54) is 7.11 Å². The lowest BCUT2D eigenvalue weighted by Gasteiger charge is -2.03. The minimum Gasteiger partial charge on any atom is -0.497 e. The molecule has 1 aromatic carbocycles. The summed E-state index contributed by atoms with van der Waals surface area (Å²) < 4.78 is 30.4. The van der Waals surface area contributed by atoms with Crippen LogP contribution in [-0.2, 0) is 0 Å². The minimum absolute atomic E-state index is 0.00309. The van der Waals surface area contributed by atoms with Gasteiger partial charge in [0.1, 0.15) is 22.9 Å². The normalized spacial score (nSPS) is 9.85. The molecule has 0 amide bonds. The lowest BCUT2D eigenvalue weighted by molar-refractivity contribution is 0.107. The standard InChI is InChI=1S/C8H5ClF2O2/c1-13-4-2-5(10)7(8(9)12)6(11)3-4/h2-3H,1H3. The van der Waals surface area contributed by atoms with Gasteiger partial charge in [-0.15, -0.1) is 0 Å². The van der Waals surface area contributed by atoms with Crippen LogP contribution in [0, 0.1) is 11.6 Å². The second-order valence-corrected chi connectivity index (χ2v) is 2.58. The number of rotatable bonds is 2. The van der Waals surface area contributed by atoms with Gasteiger partial charge in [-0.05, 0) is 11.6 Å². The Morgan fingerprint density at radius 2 is 1.85 bits per heavy atom. The van der Waals surface area contributed by atoms with Gasteiger partial charge in [0.15, 0.2) is 0 Å². The van der Waals surface area contributed by atoms with Gasteiger partial charge in [0, 0.05) is 12.1 Å². The van der Waals surface area contributed by atoms with Gasteiger partial charge in [-0.2, -0.15) is 0 Å². The van der Waals surface area contributed by atoms with Crippen molar-refractivity contribution in [3.05, 3.63) is 29.3 Å². The third-order valence-corrected chi connectivity index (χ3v) is 1.64. The molecular formula is C8H5ClF2O2. The predicted octanol–water partition coefficient (Wildman–Crippen LogP) is 2.35. The fraction of sp³-hybridized carbons (Fsp3) is 0.125. The second-order valence-electron chi connectivity index (χ2n) is 2.24. The number of ether oxygens (including phenoxy) is 1. The molecule has 0 atom stereocenters. The van der Waals surface area contributed by atoms with Crippen LogP contribution in [-0.4, -0.2) is 12.4 Å². The number of hydrogen-bond acceptors (Lipinski definition) is 2. The van der Waals surface area contributed by atoms with Crippen LogP contribution in [0.5, 0.6) is 5.75 Å². The van der Waals surface area contributed by atoms with Crippen molar-refractivity contribution >= 4 is 16.8 Å². The average Bonchev–Trinajstić information content (AvgIpc) is 2.02. The van der Waals surface area contributed by atoms with E-state index in [-0.39, 0.29) is 5.75 Å². The number of hydrogen-bond donors (Lipinski definition) is 0. The molecule has 0 bridgehead atoms. The van der Waals surface area contributed by atoms with Gasteiger partial charge in [-0.3, -0.25) is 4.79 Å². The number of carbonyl (C=O) groups excluding carboxylic acids is 1. The van der Waals surface area contributed by atoms with E-state index in [4.69, 9.17) is 11.6 Å². The largest absolute Gasteiger partial charge is 0.497 e. The molecule has 70 valence electrons. The maximum absolute atomic E-state index is 12.9. The quantitative estimate of drug-likeness (QED) is 0.695. The summed E-state index contributed by atoms with van der Waals surface area (Å²) in [5.74, 6) is -2.06. The lowest BCUT2D eigenvalue weighted by atomic mass is 10.2. The highest BCUT2D eigenvalue weighted by Gasteiger charge is 2.16. The summed E-state index contributed by atoms with van der Waals surface area (Å²) in [6, 6.07) is 1.78. The van der Waals surface area contributed by atoms with Gasteiger partial charge < -0.3 is 4.74 Å². The molecule has 13 heavy (non-hydrogen) atoms. The highest BCUT2D eigenvalue weighted by atomic mass is 35.5. The van der Waals surface area contributed by atoms with Crippen LogP contribution >= 0.6 is 11.6 Å². The van der Waals surface area contributed by atoms with Crippen molar-refractivity contribution in [3.63, 3.8) is 0 Å². The van der Waals surface area contributed by atoms with Gasteiger partial charge in [-0.1, -0.05) is 0 Å². The van der Waals surface area contributed by atoms with Crippen molar-refractivity contribution < 1.29 is 18.3 Å². The number of carbonyl (C=O) groups is 1. The third kappa shape index (κ3) is 1.95. The monoisotopic (exact) mass is 206 g/mol. The van der Waals surface area contributed by atoms with Crippen LogP contribution in [0.3, 0.4) is 0 Å². The highest BCUT2D eigenvalue weighted by molar-refractivity contribution is 6.67. The zero-order valence-electron chi connectivity index (χ0n) is 6.61. The molecule has 0 aliphatic heterocycles. The molecule has 0 aliphatic carbocycles. The lowest BCUT2D eigenvalue weighted by Crippen LogP contribution is -2.00. The summed E-state index contributed by atoms with van der Waals surface area (Å²) >= 11 is 4.95. The van der Waals surface area contributed by atoms with E-state index in [0.717, 1.165) is 12.1 Å². The first-order valence-electron chi connectivity index (χ1n) is 3.29. The fourth-order valence-electron chi connectivity index (χ4n) is 0.856. The van der Waals surface area contributed by atoms with Crippen molar-refractivity contribution in [3.8, 4) is 5.75 Å². The predicted molar refractivity (Wildman–Crippen MR) is 43.1 cm³/mol. The number of halogens is 3. The Hall–Kier alpha value is -1.16. The van der Waals surface area contributed by atoms with Crippen molar-refractivity contribution in [2.24, 2.45) is 0 Å². The summed E-state index contributed by atoms with van der Waals surface area (Å²) in [5, 5.41) is -1.17. The second kappa shape index (κ2) is 3.70. The molecule has 0 radical (unpaired) electrons. The Labute approximate surface area is 78.1 Å². The van der Waals surface area contributed by atoms with Crippen molar-refractivity contribution in [1.29, 1.82) is 0 Å². The smallest absolute Gasteiger partial charge is 0.258 e. The van der Waals surface area contributed by atoms with Gasteiger partial charge in [0.25, 0.3) is 5.24 Å². The molecule has 0 saturated carbocycles. The van der Waals surface area contributed by atoms with Gasteiger partial charge in [0.05, 0.1) is 7.11 Å². The SMILES string of the molecule is COc1cc(F)c(C(=O)Cl)c(F)c1. The average molecular weight is 207 g/mol. The molecule has 0 spiro atoms. The molecule has 5 heteroatoms. The summed E-state index contributed by atoms with van der Waals surface area (Å²) in [4.78, 5) is 10.5. The van der Waals surface area contributed by atoms with Crippen LogP contribution in [0.25, 0.3) is 0 Å². The van der Waals surface area contributed by atoms with Crippen LogP contribution < -0.4 is 4.74 Å². The molecule has 0 unspecified atom stereocenters. The first kappa shape index (κ1) is 9.92. The summed E-state index contributed by atoms with van der Waals surface area (Å²) in [7, 11) is 1.26. The van der Waals surface area contributed by atoms with Crippen molar-refractivity contribution in [1.82, 2.24) is 0 Å². The fourth-order valence-corrected chi connectivity index (χ4v) is 1.04. The van der Waals surface area contributed by atoms with Crippen LogP contribution in [0.1, 0.15) is 10.4 Å². The van der Waals surface area contributed by atoms with E-state index in [2.05, 4.69) is 4.74 Å². The maximum atomic E-state index is 12.9. The Kier molecular flexibility index (Phi) is 2.83. The zero-order valence-corrected chi connectivity index (χ0v) is 7.36. The van der Waals surface area contributed by atoms with E-state index in [0.29, 0.717) is 0 Å². The van der Waals surface area contributed by atoms with Gasteiger partial charge in [-0.25, -0.2) is 8.78 Å². The van der Waals surface area contributed by atoms with E-state index in [1.807, 2.05) is 0 Å².